The summed E-state index contributed by atoms with van der Waals surface area (Å²) in [6, 6.07) is 11.6. The van der Waals surface area contributed by atoms with Crippen LogP contribution in [0.5, 0.6) is 5.75 Å². The highest BCUT2D eigenvalue weighted by Gasteiger charge is 2.18. The molecule has 3 rings (SSSR count). The highest BCUT2D eigenvalue weighted by Crippen LogP contribution is 2.30. The number of carbonyl (C=O) groups is 1. The highest BCUT2D eigenvalue weighted by atomic mass is 32.2. The Labute approximate surface area is 167 Å². The van der Waals surface area contributed by atoms with E-state index in [0.29, 0.717) is 6.61 Å². The third-order valence-electron chi connectivity index (χ3n) is 3.70. The van der Waals surface area contributed by atoms with Gasteiger partial charge in [0.05, 0.1) is 17.2 Å². The van der Waals surface area contributed by atoms with Crippen LogP contribution in [0.25, 0.3) is 10.7 Å². The van der Waals surface area contributed by atoms with Crippen LogP contribution in [0, 0.1) is 0 Å². The zero-order valence-corrected chi connectivity index (χ0v) is 17.1. The second-order valence-electron chi connectivity index (χ2n) is 6.04. The van der Waals surface area contributed by atoms with Gasteiger partial charge in [0.15, 0.2) is 11.0 Å². The molecule has 0 aliphatic carbocycles. The number of thioether (sulfide) groups is 1. The minimum Gasteiger partial charge on any atom is -0.494 e. The summed E-state index contributed by atoms with van der Waals surface area (Å²) in [5, 5.41) is 14.3. The number of nitrogens with one attached hydrogen (secondary N) is 1. The summed E-state index contributed by atoms with van der Waals surface area (Å²) in [5.41, 5.74) is 0.744. The molecule has 2 aromatic heterocycles. The second kappa shape index (κ2) is 9.05. The molecule has 2 heterocycles. The maximum absolute atomic E-state index is 12.3. The molecular formula is C19H22N4O2S2. The average Bonchev–Trinajstić information content (AvgIpc) is 3.31. The van der Waals surface area contributed by atoms with Crippen LogP contribution in [0.2, 0.25) is 0 Å². The molecule has 0 atom stereocenters. The fourth-order valence-electron chi connectivity index (χ4n) is 2.54. The number of ether oxygens (including phenoxy) is 1. The lowest BCUT2D eigenvalue weighted by Crippen LogP contribution is -2.15. The summed E-state index contributed by atoms with van der Waals surface area (Å²) in [6.07, 6.45) is 0. The quantitative estimate of drug-likeness (QED) is 0.552. The molecule has 27 heavy (non-hydrogen) atoms. The molecule has 1 amide bonds. The summed E-state index contributed by atoms with van der Waals surface area (Å²) >= 11 is 3.02. The van der Waals surface area contributed by atoms with Gasteiger partial charge < -0.3 is 10.1 Å². The fraction of sp³-hybridized carbons (Fsp3) is 0.316. The Kier molecular flexibility index (Phi) is 6.52. The second-order valence-corrected chi connectivity index (χ2v) is 7.93. The molecule has 1 N–H and O–H groups in total. The molecule has 1 aromatic carbocycles. The van der Waals surface area contributed by atoms with Gasteiger partial charge in [-0.1, -0.05) is 17.8 Å². The lowest BCUT2D eigenvalue weighted by molar-refractivity contribution is -0.113. The Hall–Kier alpha value is -2.32. The molecule has 0 radical (unpaired) electrons. The van der Waals surface area contributed by atoms with E-state index < -0.39 is 0 Å². The van der Waals surface area contributed by atoms with E-state index in [9.17, 15) is 4.79 Å². The van der Waals surface area contributed by atoms with E-state index in [1.165, 1.54) is 11.8 Å². The molecule has 0 aliphatic rings. The van der Waals surface area contributed by atoms with Crippen molar-refractivity contribution >= 4 is 34.7 Å². The van der Waals surface area contributed by atoms with Gasteiger partial charge in [-0.05, 0) is 56.5 Å². The van der Waals surface area contributed by atoms with E-state index in [0.717, 1.165) is 27.3 Å². The third-order valence-corrected chi connectivity index (χ3v) is 5.51. The van der Waals surface area contributed by atoms with Gasteiger partial charge in [0.25, 0.3) is 0 Å². The molecule has 142 valence electrons. The lowest BCUT2D eigenvalue weighted by Gasteiger charge is -2.13. The number of carbonyl (C=O) groups excluding carboxylic acids is 1. The van der Waals surface area contributed by atoms with Gasteiger partial charge in [-0.25, -0.2) is 0 Å². The van der Waals surface area contributed by atoms with Gasteiger partial charge in [0.2, 0.25) is 5.91 Å². The van der Waals surface area contributed by atoms with Gasteiger partial charge in [-0.2, -0.15) is 0 Å². The molecular weight excluding hydrogens is 380 g/mol. The number of thiophene rings is 1. The zero-order chi connectivity index (χ0) is 19.2. The Morgan fingerprint density at radius 2 is 2.04 bits per heavy atom. The van der Waals surface area contributed by atoms with Crippen molar-refractivity contribution < 1.29 is 9.53 Å². The number of aromatic nitrogens is 3. The first kappa shape index (κ1) is 19.4. The smallest absolute Gasteiger partial charge is 0.234 e. The average molecular weight is 403 g/mol. The topological polar surface area (TPSA) is 69.0 Å². The predicted molar refractivity (Wildman–Crippen MR) is 111 cm³/mol. The van der Waals surface area contributed by atoms with Crippen molar-refractivity contribution in [2.45, 2.75) is 32.0 Å². The molecule has 0 saturated heterocycles. The summed E-state index contributed by atoms with van der Waals surface area (Å²) in [7, 11) is 0. The third kappa shape index (κ3) is 4.90. The first-order valence-electron chi connectivity index (χ1n) is 8.72. The van der Waals surface area contributed by atoms with Crippen molar-refractivity contribution in [1.29, 1.82) is 0 Å². The van der Waals surface area contributed by atoms with Crippen LogP contribution in [0.1, 0.15) is 26.8 Å². The lowest BCUT2D eigenvalue weighted by atomic mass is 10.3. The van der Waals surface area contributed by atoms with Crippen LogP contribution in [0.15, 0.2) is 46.9 Å². The molecule has 0 fully saturated rings. The van der Waals surface area contributed by atoms with Gasteiger partial charge in [-0.3, -0.25) is 9.36 Å². The highest BCUT2D eigenvalue weighted by molar-refractivity contribution is 7.99. The zero-order valence-electron chi connectivity index (χ0n) is 15.5. The van der Waals surface area contributed by atoms with Crippen molar-refractivity contribution in [3.8, 4) is 16.5 Å². The number of anilines is 1. The number of amides is 1. The van der Waals surface area contributed by atoms with Crippen LogP contribution in [-0.4, -0.2) is 33.0 Å². The number of nitrogens with zero attached hydrogens (tertiary/aromatic N) is 3. The number of benzene rings is 1. The predicted octanol–water partition coefficient (Wildman–Crippen LogP) is 4.72. The Morgan fingerprint density at radius 1 is 1.26 bits per heavy atom. The van der Waals surface area contributed by atoms with Gasteiger partial charge in [0, 0.05) is 11.7 Å². The monoisotopic (exact) mass is 402 g/mol. The van der Waals surface area contributed by atoms with Crippen molar-refractivity contribution in [3.63, 3.8) is 0 Å². The summed E-state index contributed by atoms with van der Waals surface area (Å²) in [6.45, 7) is 6.73. The van der Waals surface area contributed by atoms with Crippen LogP contribution in [-0.2, 0) is 4.79 Å². The van der Waals surface area contributed by atoms with Gasteiger partial charge in [0.1, 0.15) is 5.75 Å². The normalized spacial score (nSPS) is 11.0. The largest absolute Gasteiger partial charge is 0.494 e. The Morgan fingerprint density at radius 3 is 2.67 bits per heavy atom. The first-order valence-corrected chi connectivity index (χ1v) is 10.6. The van der Waals surface area contributed by atoms with E-state index >= 15 is 0 Å². The summed E-state index contributed by atoms with van der Waals surface area (Å²) in [5.74, 6) is 1.81. The number of rotatable bonds is 8. The van der Waals surface area contributed by atoms with Gasteiger partial charge in [-0.15, -0.1) is 21.5 Å². The molecule has 8 heteroatoms. The van der Waals surface area contributed by atoms with Gasteiger partial charge >= 0.3 is 0 Å². The SMILES string of the molecule is CCOc1ccc(NC(=O)CSc2nnc(-c3cccs3)n2C(C)C)cc1. The van der Waals surface area contributed by atoms with Crippen LogP contribution >= 0.6 is 23.1 Å². The fourth-order valence-corrected chi connectivity index (χ4v) is 4.12. The molecule has 0 spiro atoms. The van der Waals surface area contributed by atoms with Crippen LogP contribution < -0.4 is 10.1 Å². The number of hydrogen-bond donors (Lipinski definition) is 1. The van der Waals surface area contributed by atoms with E-state index in [2.05, 4.69) is 33.9 Å². The van der Waals surface area contributed by atoms with E-state index in [-0.39, 0.29) is 17.7 Å². The van der Waals surface area contributed by atoms with Crippen LogP contribution in [0.3, 0.4) is 0 Å². The first-order chi connectivity index (χ1) is 13.1. The Bertz CT molecular complexity index is 874. The molecule has 0 unspecified atom stereocenters. The molecule has 0 bridgehead atoms. The van der Waals surface area contributed by atoms with Crippen molar-refractivity contribution in [2.75, 3.05) is 17.7 Å². The van der Waals surface area contributed by atoms with E-state index in [1.807, 2.05) is 48.7 Å². The summed E-state index contributed by atoms with van der Waals surface area (Å²) in [4.78, 5) is 13.4. The van der Waals surface area contributed by atoms with Crippen LogP contribution in [0.4, 0.5) is 5.69 Å². The van der Waals surface area contributed by atoms with E-state index in [4.69, 9.17) is 4.74 Å². The number of hydrogen-bond acceptors (Lipinski definition) is 6. The molecule has 0 aliphatic heterocycles. The maximum Gasteiger partial charge on any atom is 0.234 e. The molecule has 6 nitrogen and oxygen atoms in total. The standard InChI is InChI=1S/C19H22N4O2S2/c1-4-25-15-9-7-14(8-10-15)20-17(24)12-27-19-22-21-18(23(19)13(2)3)16-6-5-11-26-16/h5-11,13H,4,12H2,1-3H3,(H,20,24). The van der Waals surface area contributed by atoms with Crippen molar-refractivity contribution in [3.05, 3.63) is 41.8 Å². The van der Waals surface area contributed by atoms with Crippen molar-refractivity contribution in [2.24, 2.45) is 0 Å². The van der Waals surface area contributed by atoms with Crippen molar-refractivity contribution in [1.82, 2.24) is 14.8 Å². The minimum atomic E-state index is -0.0832. The minimum absolute atomic E-state index is 0.0832. The molecule has 3 aromatic rings. The Balaban J connectivity index is 1.63. The molecule has 0 saturated carbocycles. The summed E-state index contributed by atoms with van der Waals surface area (Å²) < 4.78 is 7.48. The maximum atomic E-state index is 12.3. The van der Waals surface area contributed by atoms with E-state index in [1.54, 1.807) is 11.3 Å².